The number of amides is 1. The van der Waals surface area contributed by atoms with Gasteiger partial charge in [-0.05, 0) is 20.9 Å². The molecule has 1 heterocycles. The van der Waals surface area contributed by atoms with E-state index in [1.54, 1.807) is 0 Å². The molecule has 1 aromatic heterocycles. The van der Waals surface area contributed by atoms with Crippen molar-refractivity contribution in [3.8, 4) is 0 Å². The highest BCUT2D eigenvalue weighted by atomic mass is 32.2. The summed E-state index contributed by atoms with van der Waals surface area (Å²) in [7, 11) is -2.01. The minimum absolute atomic E-state index is 0.0138. The lowest BCUT2D eigenvalue weighted by molar-refractivity contribution is 0.0961. The number of hydrogen-bond acceptors (Lipinski definition) is 7. The van der Waals surface area contributed by atoms with Crippen molar-refractivity contribution in [2.24, 2.45) is 0 Å². The number of sulfonamides is 1. The summed E-state index contributed by atoms with van der Waals surface area (Å²) < 4.78 is 24.7. The van der Waals surface area contributed by atoms with E-state index in [0.717, 1.165) is 13.1 Å². The van der Waals surface area contributed by atoms with Gasteiger partial charge in [0, 0.05) is 19.6 Å². The summed E-state index contributed by atoms with van der Waals surface area (Å²) in [6.07, 6.45) is 0. The van der Waals surface area contributed by atoms with Gasteiger partial charge in [0.15, 0.2) is 5.13 Å². The summed E-state index contributed by atoms with van der Waals surface area (Å²) in [6.45, 7) is 5.53. The van der Waals surface area contributed by atoms with Gasteiger partial charge >= 0.3 is 0 Å². The average Bonchev–Trinajstić information content (AvgIpc) is 2.82. The van der Waals surface area contributed by atoms with Gasteiger partial charge in [-0.1, -0.05) is 11.3 Å². The van der Waals surface area contributed by atoms with E-state index < -0.39 is 15.9 Å². The third kappa shape index (κ3) is 4.83. The van der Waals surface area contributed by atoms with Gasteiger partial charge in [-0.25, -0.2) is 18.1 Å². The molecule has 1 amide bonds. The highest BCUT2D eigenvalue weighted by Gasteiger charge is 2.18. The molecule has 0 aromatic carbocycles. The Morgan fingerprint density at radius 3 is 2.52 bits per heavy atom. The van der Waals surface area contributed by atoms with E-state index in [1.807, 2.05) is 18.7 Å². The lowest BCUT2D eigenvalue weighted by atomic mass is 10.4. The predicted octanol–water partition coefficient (Wildman–Crippen LogP) is -0.149. The zero-order valence-electron chi connectivity index (χ0n) is 12.3. The highest BCUT2D eigenvalue weighted by molar-refractivity contribution is 7.89. The minimum atomic E-state index is -3.34. The second-order valence-corrected chi connectivity index (χ2v) is 7.19. The second-order valence-electron chi connectivity index (χ2n) is 4.16. The molecule has 0 saturated heterocycles. The summed E-state index contributed by atoms with van der Waals surface area (Å²) in [6, 6.07) is 0. The monoisotopic (exact) mass is 335 g/mol. The van der Waals surface area contributed by atoms with Crippen LogP contribution in [0, 0.1) is 0 Å². The molecule has 4 N–H and O–H groups in total. The largest absolute Gasteiger partial charge is 0.382 e. The highest BCUT2D eigenvalue weighted by Crippen LogP contribution is 2.27. The van der Waals surface area contributed by atoms with E-state index in [-0.39, 0.29) is 18.1 Å². The Bertz CT molecular complexity index is 581. The molecule has 0 atom stereocenters. The molecule has 1 rings (SSSR count). The number of hydrogen-bond donors (Lipinski definition) is 3. The number of carbonyl (C=O) groups is 1. The molecule has 21 heavy (non-hydrogen) atoms. The van der Waals surface area contributed by atoms with Crippen LogP contribution in [0.25, 0.3) is 0 Å². The second kappa shape index (κ2) is 7.57. The van der Waals surface area contributed by atoms with Crippen LogP contribution in [0.3, 0.4) is 0 Å². The van der Waals surface area contributed by atoms with Crippen molar-refractivity contribution in [3.05, 3.63) is 4.88 Å². The maximum atomic E-state index is 12.0. The van der Waals surface area contributed by atoms with Gasteiger partial charge in [0.25, 0.3) is 5.91 Å². The van der Waals surface area contributed by atoms with Crippen molar-refractivity contribution in [1.29, 1.82) is 0 Å². The Hall–Kier alpha value is -1.39. The topological polar surface area (TPSA) is 117 Å². The third-order valence-electron chi connectivity index (χ3n) is 2.85. The lowest BCUT2D eigenvalue weighted by Gasteiger charge is -2.16. The molecule has 0 bridgehead atoms. The van der Waals surface area contributed by atoms with Crippen LogP contribution in [0.4, 0.5) is 10.9 Å². The zero-order chi connectivity index (χ0) is 16.0. The molecule has 0 unspecified atom stereocenters. The standard InChI is InChI=1S/C11H21N5O3S2/c1-4-16(5-2)11-15-9(12)8(20-11)10(17)14-6-7-21(18,19)13-3/h13H,4-7,12H2,1-3H3,(H,14,17). The Morgan fingerprint density at radius 2 is 2.00 bits per heavy atom. The number of thiazole rings is 1. The van der Waals surface area contributed by atoms with Crippen LogP contribution in [0.15, 0.2) is 0 Å². The Labute approximate surface area is 128 Å². The molecule has 10 heteroatoms. The molecule has 8 nitrogen and oxygen atoms in total. The summed E-state index contributed by atoms with van der Waals surface area (Å²) >= 11 is 1.20. The number of rotatable bonds is 8. The van der Waals surface area contributed by atoms with Crippen molar-refractivity contribution < 1.29 is 13.2 Å². The van der Waals surface area contributed by atoms with Crippen molar-refractivity contribution in [1.82, 2.24) is 15.0 Å². The van der Waals surface area contributed by atoms with E-state index in [0.29, 0.717) is 10.0 Å². The van der Waals surface area contributed by atoms with Gasteiger partial charge in [-0.2, -0.15) is 0 Å². The first-order valence-corrected chi connectivity index (χ1v) is 9.02. The van der Waals surface area contributed by atoms with Crippen LogP contribution < -0.4 is 20.7 Å². The Morgan fingerprint density at radius 1 is 1.38 bits per heavy atom. The van der Waals surface area contributed by atoms with Crippen LogP contribution in [-0.4, -0.2) is 51.7 Å². The van der Waals surface area contributed by atoms with Crippen molar-refractivity contribution in [2.45, 2.75) is 13.8 Å². The van der Waals surface area contributed by atoms with Crippen LogP contribution in [-0.2, 0) is 10.0 Å². The van der Waals surface area contributed by atoms with Gasteiger partial charge in [0.1, 0.15) is 10.7 Å². The molecule has 0 aliphatic heterocycles. The number of nitrogen functional groups attached to an aromatic ring is 1. The molecule has 0 fully saturated rings. The van der Waals surface area contributed by atoms with Gasteiger partial charge in [-0.15, -0.1) is 0 Å². The first kappa shape index (κ1) is 17.7. The zero-order valence-corrected chi connectivity index (χ0v) is 14.0. The summed E-state index contributed by atoms with van der Waals surface area (Å²) in [4.78, 5) is 18.5. The van der Waals surface area contributed by atoms with Crippen LogP contribution in [0.5, 0.6) is 0 Å². The fourth-order valence-electron chi connectivity index (χ4n) is 1.59. The number of carbonyl (C=O) groups excluding carboxylic acids is 1. The number of nitrogens with one attached hydrogen (secondary N) is 2. The Balaban J connectivity index is 2.71. The summed E-state index contributed by atoms with van der Waals surface area (Å²) in [5, 5.41) is 3.22. The lowest BCUT2D eigenvalue weighted by Crippen LogP contribution is -2.32. The quantitative estimate of drug-likeness (QED) is 0.608. The molecule has 0 radical (unpaired) electrons. The van der Waals surface area contributed by atoms with Gasteiger partial charge in [-0.3, -0.25) is 4.79 Å². The average molecular weight is 335 g/mol. The van der Waals surface area contributed by atoms with E-state index in [4.69, 9.17) is 5.73 Å². The van der Waals surface area contributed by atoms with E-state index in [1.165, 1.54) is 18.4 Å². The van der Waals surface area contributed by atoms with Crippen molar-refractivity contribution in [3.63, 3.8) is 0 Å². The molecule has 0 spiro atoms. The summed E-state index contributed by atoms with van der Waals surface area (Å²) in [5.41, 5.74) is 5.75. The number of nitrogens with two attached hydrogens (primary N) is 1. The molecule has 0 saturated carbocycles. The number of anilines is 2. The molecule has 0 aliphatic rings. The molecular formula is C11H21N5O3S2. The van der Waals surface area contributed by atoms with E-state index in [9.17, 15) is 13.2 Å². The maximum Gasteiger partial charge on any atom is 0.265 e. The normalized spacial score (nSPS) is 11.4. The minimum Gasteiger partial charge on any atom is -0.382 e. The molecule has 0 aliphatic carbocycles. The first-order valence-electron chi connectivity index (χ1n) is 6.55. The molecule has 120 valence electrons. The molecular weight excluding hydrogens is 314 g/mol. The summed E-state index contributed by atoms with van der Waals surface area (Å²) in [5.74, 6) is -0.429. The van der Waals surface area contributed by atoms with Crippen LogP contribution in [0.2, 0.25) is 0 Å². The van der Waals surface area contributed by atoms with Crippen molar-refractivity contribution in [2.75, 3.05) is 43.1 Å². The third-order valence-corrected chi connectivity index (χ3v) is 5.34. The van der Waals surface area contributed by atoms with Crippen LogP contribution in [0.1, 0.15) is 23.5 Å². The fraction of sp³-hybridized carbons (Fsp3) is 0.636. The van der Waals surface area contributed by atoms with Crippen LogP contribution >= 0.6 is 11.3 Å². The van der Waals surface area contributed by atoms with Crippen molar-refractivity contribution >= 4 is 38.2 Å². The Kier molecular flexibility index (Phi) is 6.37. The SMILES string of the molecule is CCN(CC)c1nc(N)c(C(=O)NCCS(=O)(=O)NC)s1. The molecule has 1 aromatic rings. The van der Waals surface area contributed by atoms with E-state index in [2.05, 4.69) is 15.0 Å². The van der Waals surface area contributed by atoms with Gasteiger partial charge < -0.3 is 16.0 Å². The number of nitrogens with zero attached hydrogens (tertiary/aromatic N) is 2. The van der Waals surface area contributed by atoms with E-state index >= 15 is 0 Å². The number of aromatic nitrogens is 1. The fourth-order valence-corrected chi connectivity index (χ4v) is 3.20. The predicted molar refractivity (Wildman–Crippen MR) is 85.3 cm³/mol. The first-order chi connectivity index (χ1) is 9.84. The van der Waals surface area contributed by atoms with Gasteiger partial charge in [0.05, 0.1) is 5.75 Å². The smallest absolute Gasteiger partial charge is 0.265 e. The maximum absolute atomic E-state index is 12.0. The van der Waals surface area contributed by atoms with Gasteiger partial charge in [0.2, 0.25) is 10.0 Å².